The highest BCUT2D eigenvalue weighted by Gasteiger charge is 2.19. The van der Waals surface area contributed by atoms with Crippen molar-refractivity contribution in [2.24, 2.45) is 5.92 Å². The normalized spacial score (nSPS) is 29.7. The molecule has 0 aromatic heterocycles. The molecule has 0 aromatic rings. The van der Waals surface area contributed by atoms with Crippen molar-refractivity contribution in [2.45, 2.75) is 58.0 Å². The standard InChI is InChI=1S/C12H25NO2S/c1-10-5-4-6-12(8-7-10)13-11(2)9-16(3,14)15/h10-13H,4-9H2,1-3H3. The van der Waals surface area contributed by atoms with Gasteiger partial charge in [-0.25, -0.2) is 8.42 Å². The summed E-state index contributed by atoms with van der Waals surface area (Å²) in [5, 5.41) is 3.46. The van der Waals surface area contributed by atoms with Gasteiger partial charge in [0.2, 0.25) is 0 Å². The van der Waals surface area contributed by atoms with Crippen molar-refractivity contribution in [3.8, 4) is 0 Å². The molecule has 3 nitrogen and oxygen atoms in total. The average molecular weight is 247 g/mol. The molecule has 0 aromatic carbocycles. The second-order valence-corrected chi connectivity index (χ2v) is 7.66. The number of nitrogens with one attached hydrogen (secondary N) is 1. The third-order valence-corrected chi connectivity index (χ3v) is 4.44. The minimum absolute atomic E-state index is 0.0772. The highest BCUT2D eigenvalue weighted by molar-refractivity contribution is 7.90. The van der Waals surface area contributed by atoms with Gasteiger partial charge in [0.1, 0.15) is 9.84 Å². The van der Waals surface area contributed by atoms with Crippen LogP contribution in [0.4, 0.5) is 0 Å². The van der Waals surface area contributed by atoms with Gasteiger partial charge in [-0.1, -0.05) is 19.8 Å². The largest absolute Gasteiger partial charge is 0.310 e. The van der Waals surface area contributed by atoms with Crippen LogP contribution in [-0.2, 0) is 9.84 Å². The van der Waals surface area contributed by atoms with E-state index in [1.807, 2.05) is 6.92 Å². The fourth-order valence-corrected chi connectivity index (χ4v) is 3.56. The maximum atomic E-state index is 11.2. The lowest BCUT2D eigenvalue weighted by molar-refractivity contribution is 0.415. The number of rotatable bonds is 4. The molecule has 16 heavy (non-hydrogen) atoms. The van der Waals surface area contributed by atoms with Gasteiger partial charge in [0.05, 0.1) is 5.75 Å². The van der Waals surface area contributed by atoms with E-state index in [0.717, 1.165) is 5.92 Å². The molecule has 0 radical (unpaired) electrons. The van der Waals surface area contributed by atoms with Crippen molar-refractivity contribution in [3.63, 3.8) is 0 Å². The van der Waals surface area contributed by atoms with Gasteiger partial charge in [-0.15, -0.1) is 0 Å². The van der Waals surface area contributed by atoms with Crippen LogP contribution in [0.15, 0.2) is 0 Å². The SMILES string of the molecule is CC1CCCC(NC(C)CS(C)(=O)=O)CC1. The molecule has 1 saturated carbocycles. The average Bonchev–Trinajstić information content (AvgIpc) is 2.27. The lowest BCUT2D eigenvalue weighted by Crippen LogP contribution is -2.40. The van der Waals surface area contributed by atoms with Crippen molar-refractivity contribution >= 4 is 9.84 Å². The van der Waals surface area contributed by atoms with E-state index in [9.17, 15) is 8.42 Å². The molecule has 0 aliphatic heterocycles. The van der Waals surface area contributed by atoms with Gasteiger partial charge < -0.3 is 5.32 Å². The Balaban J connectivity index is 2.35. The first kappa shape index (κ1) is 14.0. The summed E-state index contributed by atoms with van der Waals surface area (Å²) in [4.78, 5) is 0. The summed E-state index contributed by atoms with van der Waals surface area (Å²) in [5.74, 6) is 1.08. The first-order valence-corrected chi connectivity index (χ1v) is 8.36. The molecule has 0 amide bonds. The van der Waals surface area contributed by atoms with E-state index in [4.69, 9.17) is 0 Å². The van der Waals surface area contributed by atoms with Crippen LogP contribution in [-0.4, -0.2) is 32.5 Å². The lowest BCUT2D eigenvalue weighted by Gasteiger charge is -2.21. The summed E-state index contributed by atoms with van der Waals surface area (Å²) in [6, 6.07) is 0.593. The molecule has 0 heterocycles. The molecular weight excluding hydrogens is 222 g/mol. The zero-order valence-corrected chi connectivity index (χ0v) is 11.5. The summed E-state index contributed by atoms with van der Waals surface area (Å²) in [6.07, 6.45) is 7.54. The molecule has 1 aliphatic carbocycles. The monoisotopic (exact) mass is 247 g/mol. The summed E-state index contributed by atoms with van der Waals surface area (Å²) in [7, 11) is -2.86. The second-order valence-electron chi connectivity index (χ2n) is 5.47. The molecule has 0 saturated heterocycles. The van der Waals surface area contributed by atoms with E-state index in [1.165, 1.54) is 38.4 Å². The van der Waals surface area contributed by atoms with Gasteiger partial charge in [0.15, 0.2) is 0 Å². The van der Waals surface area contributed by atoms with E-state index in [0.29, 0.717) is 6.04 Å². The Hall–Kier alpha value is -0.0900. The molecule has 3 unspecified atom stereocenters. The molecule has 96 valence electrons. The fourth-order valence-electron chi connectivity index (χ4n) is 2.56. The smallest absolute Gasteiger partial charge is 0.148 e. The Morgan fingerprint density at radius 1 is 1.25 bits per heavy atom. The lowest BCUT2D eigenvalue weighted by atomic mass is 10.0. The molecule has 0 bridgehead atoms. The number of sulfone groups is 1. The van der Waals surface area contributed by atoms with Gasteiger partial charge in [-0.3, -0.25) is 0 Å². The van der Waals surface area contributed by atoms with Crippen LogP contribution >= 0.6 is 0 Å². The van der Waals surface area contributed by atoms with E-state index < -0.39 is 9.84 Å². The quantitative estimate of drug-likeness (QED) is 0.773. The molecule has 1 fully saturated rings. The van der Waals surface area contributed by atoms with Gasteiger partial charge in [-0.2, -0.15) is 0 Å². The first-order valence-electron chi connectivity index (χ1n) is 6.30. The summed E-state index contributed by atoms with van der Waals surface area (Å²) >= 11 is 0. The van der Waals surface area contributed by atoms with Crippen molar-refractivity contribution in [1.82, 2.24) is 5.32 Å². The van der Waals surface area contributed by atoms with Crippen molar-refractivity contribution in [2.75, 3.05) is 12.0 Å². The van der Waals surface area contributed by atoms with Crippen LogP contribution in [0.1, 0.15) is 46.0 Å². The highest BCUT2D eigenvalue weighted by atomic mass is 32.2. The Morgan fingerprint density at radius 2 is 1.94 bits per heavy atom. The van der Waals surface area contributed by atoms with E-state index in [2.05, 4.69) is 12.2 Å². The third-order valence-electron chi connectivity index (χ3n) is 3.33. The van der Waals surface area contributed by atoms with Gasteiger partial charge in [0.25, 0.3) is 0 Å². The first-order chi connectivity index (χ1) is 7.37. The number of hydrogen-bond acceptors (Lipinski definition) is 3. The zero-order valence-electron chi connectivity index (χ0n) is 10.7. The van der Waals surface area contributed by atoms with Crippen LogP contribution < -0.4 is 5.32 Å². The number of hydrogen-bond donors (Lipinski definition) is 1. The minimum atomic E-state index is -2.86. The van der Waals surface area contributed by atoms with Crippen LogP contribution in [0.2, 0.25) is 0 Å². The minimum Gasteiger partial charge on any atom is -0.310 e. The maximum Gasteiger partial charge on any atom is 0.148 e. The van der Waals surface area contributed by atoms with E-state index in [-0.39, 0.29) is 11.8 Å². The van der Waals surface area contributed by atoms with Crippen LogP contribution in [0.25, 0.3) is 0 Å². The molecule has 3 atom stereocenters. The van der Waals surface area contributed by atoms with Gasteiger partial charge in [-0.05, 0) is 32.1 Å². The van der Waals surface area contributed by atoms with E-state index >= 15 is 0 Å². The zero-order chi connectivity index (χ0) is 12.2. The Kier molecular flexibility index (Phi) is 5.25. The predicted octanol–water partition coefficient (Wildman–Crippen LogP) is 1.98. The Bertz CT molecular complexity index is 300. The van der Waals surface area contributed by atoms with E-state index in [1.54, 1.807) is 0 Å². The predicted molar refractivity (Wildman–Crippen MR) is 68.3 cm³/mol. The molecule has 1 aliphatic rings. The molecule has 0 spiro atoms. The molecule has 1 N–H and O–H groups in total. The molecule has 1 rings (SSSR count). The molecular formula is C12H25NO2S. The summed E-state index contributed by atoms with van der Waals surface area (Å²) in [6.45, 7) is 4.28. The van der Waals surface area contributed by atoms with Crippen molar-refractivity contribution in [1.29, 1.82) is 0 Å². The highest BCUT2D eigenvalue weighted by Crippen LogP contribution is 2.22. The second kappa shape index (κ2) is 6.01. The van der Waals surface area contributed by atoms with Gasteiger partial charge >= 0.3 is 0 Å². The fraction of sp³-hybridized carbons (Fsp3) is 1.00. The maximum absolute atomic E-state index is 11.2. The van der Waals surface area contributed by atoms with Crippen molar-refractivity contribution in [3.05, 3.63) is 0 Å². The van der Waals surface area contributed by atoms with Crippen LogP contribution in [0, 0.1) is 5.92 Å². The summed E-state index contributed by atoms with van der Waals surface area (Å²) < 4.78 is 22.3. The topological polar surface area (TPSA) is 46.2 Å². The summed E-state index contributed by atoms with van der Waals surface area (Å²) in [5.41, 5.74) is 0. The van der Waals surface area contributed by atoms with Crippen LogP contribution in [0.3, 0.4) is 0 Å². The van der Waals surface area contributed by atoms with Crippen molar-refractivity contribution < 1.29 is 8.42 Å². The Morgan fingerprint density at radius 3 is 2.56 bits per heavy atom. The molecule has 4 heteroatoms. The third kappa shape index (κ3) is 5.85. The Labute approximate surface area is 99.9 Å². The van der Waals surface area contributed by atoms with Gasteiger partial charge in [0, 0.05) is 18.3 Å². The van der Waals surface area contributed by atoms with Crippen LogP contribution in [0.5, 0.6) is 0 Å².